The van der Waals surface area contributed by atoms with Crippen molar-refractivity contribution in [2.45, 2.75) is 117 Å². The Morgan fingerprint density at radius 2 is 0.962 bits per heavy atom. The zero-order chi connectivity index (χ0) is 19.1. The molecule has 0 atom stereocenters. The summed E-state index contributed by atoms with van der Waals surface area (Å²) in [4.78, 5) is 0. The quantitative estimate of drug-likeness (QED) is 0.120. The van der Waals surface area contributed by atoms with Crippen molar-refractivity contribution in [1.82, 2.24) is 10.9 Å². The van der Waals surface area contributed by atoms with E-state index in [4.69, 9.17) is 12.2 Å². The molecule has 0 bridgehead atoms. The van der Waals surface area contributed by atoms with Gasteiger partial charge in [-0.15, -0.1) is 0 Å². The average Bonchev–Trinajstić information content (AvgIpc) is 2.64. The number of hydrazone groups is 2. The Bertz CT molecular complexity index is 324. The van der Waals surface area contributed by atoms with E-state index in [0.717, 1.165) is 12.8 Å². The first-order chi connectivity index (χ1) is 12.8. The number of rotatable bonds is 18. The van der Waals surface area contributed by atoms with Crippen molar-refractivity contribution in [3.63, 3.8) is 0 Å². The van der Waals surface area contributed by atoms with Crippen LogP contribution in [0.1, 0.15) is 117 Å². The number of unbranched alkanes of at least 4 members (excludes halogenated alkanes) is 14. The molecular formula is C21H42N4S. The Morgan fingerprint density at radius 3 is 1.35 bits per heavy atom. The minimum Gasteiger partial charge on any atom is -0.253 e. The van der Waals surface area contributed by atoms with Crippen LogP contribution in [0.3, 0.4) is 0 Å². The second-order valence-electron chi connectivity index (χ2n) is 7.00. The highest BCUT2D eigenvalue weighted by Gasteiger charge is 1.92. The van der Waals surface area contributed by atoms with Gasteiger partial charge in [0.05, 0.1) is 0 Å². The molecule has 5 heteroatoms. The summed E-state index contributed by atoms with van der Waals surface area (Å²) in [7, 11) is 0. The van der Waals surface area contributed by atoms with Crippen LogP contribution in [0.5, 0.6) is 0 Å². The molecule has 0 saturated carbocycles. The molecule has 0 aromatic heterocycles. The molecule has 0 aromatic rings. The third kappa shape index (κ3) is 21.1. The summed E-state index contributed by atoms with van der Waals surface area (Å²) in [5.41, 5.74) is 5.62. The monoisotopic (exact) mass is 382 g/mol. The lowest BCUT2D eigenvalue weighted by Gasteiger charge is -2.01. The molecular weight excluding hydrogens is 340 g/mol. The van der Waals surface area contributed by atoms with Gasteiger partial charge in [0.2, 0.25) is 5.11 Å². The van der Waals surface area contributed by atoms with Crippen LogP contribution in [0.25, 0.3) is 0 Å². The second-order valence-corrected chi connectivity index (χ2v) is 7.40. The van der Waals surface area contributed by atoms with Crippen LogP contribution < -0.4 is 10.9 Å². The molecule has 0 saturated heterocycles. The fourth-order valence-electron chi connectivity index (χ4n) is 2.75. The van der Waals surface area contributed by atoms with E-state index < -0.39 is 0 Å². The number of hydrogen-bond donors (Lipinski definition) is 2. The largest absolute Gasteiger partial charge is 0.253 e. The van der Waals surface area contributed by atoms with Gasteiger partial charge < -0.3 is 0 Å². The third-order valence-electron chi connectivity index (χ3n) is 4.39. The van der Waals surface area contributed by atoms with E-state index in [1.54, 1.807) is 0 Å². The molecule has 0 radical (unpaired) electrons. The first kappa shape index (κ1) is 25.0. The topological polar surface area (TPSA) is 48.8 Å². The van der Waals surface area contributed by atoms with Crippen molar-refractivity contribution >= 4 is 29.8 Å². The Morgan fingerprint density at radius 1 is 0.615 bits per heavy atom. The number of nitrogens with one attached hydrogen (secondary N) is 2. The molecule has 2 N–H and O–H groups in total. The average molecular weight is 383 g/mol. The lowest BCUT2D eigenvalue weighted by atomic mass is 10.1. The van der Waals surface area contributed by atoms with E-state index >= 15 is 0 Å². The molecule has 0 amide bonds. The van der Waals surface area contributed by atoms with Gasteiger partial charge in [-0.2, -0.15) is 10.2 Å². The molecule has 26 heavy (non-hydrogen) atoms. The van der Waals surface area contributed by atoms with Crippen molar-refractivity contribution in [2.75, 3.05) is 0 Å². The SMILES string of the molecule is CCCCCCCCC/C=N\NC(=S)N/N=C\CCCCCCCCC. The summed E-state index contributed by atoms with van der Waals surface area (Å²) >= 11 is 5.12. The molecule has 0 rings (SSSR count). The van der Waals surface area contributed by atoms with Gasteiger partial charge in [-0.3, -0.25) is 10.9 Å². The number of nitrogens with zero attached hydrogens (tertiary/aromatic N) is 2. The Labute approximate surface area is 167 Å². The number of thiocarbonyl (C=S) groups is 1. The van der Waals surface area contributed by atoms with Crippen molar-refractivity contribution < 1.29 is 0 Å². The van der Waals surface area contributed by atoms with Gasteiger partial charge in [-0.05, 0) is 37.9 Å². The van der Waals surface area contributed by atoms with Crippen LogP contribution in [0, 0.1) is 0 Å². The minimum absolute atomic E-state index is 0.455. The molecule has 4 nitrogen and oxygen atoms in total. The predicted octanol–water partition coefficient (Wildman–Crippen LogP) is 6.70. The maximum atomic E-state index is 5.12. The first-order valence-electron chi connectivity index (χ1n) is 10.9. The Kier molecular flexibility index (Phi) is 21.2. The van der Waals surface area contributed by atoms with Crippen LogP contribution in [-0.4, -0.2) is 17.5 Å². The van der Waals surface area contributed by atoms with Gasteiger partial charge in [0, 0.05) is 12.4 Å². The molecule has 0 unspecified atom stereocenters. The molecule has 0 aliphatic rings. The normalized spacial score (nSPS) is 11.5. The summed E-state index contributed by atoms with van der Waals surface area (Å²) in [5, 5.41) is 8.71. The highest BCUT2D eigenvalue weighted by molar-refractivity contribution is 7.80. The molecule has 0 fully saturated rings. The van der Waals surface area contributed by atoms with Crippen LogP contribution in [0.15, 0.2) is 10.2 Å². The fraction of sp³-hybridized carbons (Fsp3) is 0.857. The lowest BCUT2D eigenvalue weighted by molar-refractivity contribution is 0.596. The maximum absolute atomic E-state index is 5.12. The molecule has 0 aliphatic heterocycles. The van der Waals surface area contributed by atoms with Gasteiger partial charge in [-0.1, -0.05) is 90.9 Å². The zero-order valence-electron chi connectivity index (χ0n) is 17.3. The van der Waals surface area contributed by atoms with Gasteiger partial charge in [0.15, 0.2) is 0 Å². The molecule has 152 valence electrons. The molecule has 0 spiro atoms. The van der Waals surface area contributed by atoms with E-state index in [2.05, 4.69) is 34.9 Å². The van der Waals surface area contributed by atoms with Gasteiger partial charge in [0.1, 0.15) is 0 Å². The number of hydrogen-bond acceptors (Lipinski definition) is 3. The standard InChI is InChI=1S/C21H42N4S/c1-3-5-7-9-11-13-15-17-19-22-24-21(26)25-23-20-18-16-14-12-10-8-6-4-2/h19-20H,3-18H2,1-2H3,(H2,24,25,26)/b22-19-,23-20-. The molecule has 0 heterocycles. The first-order valence-corrected chi connectivity index (χ1v) is 11.3. The van der Waals surface area contributed by atoms with E-state index in [1.807, 2.05) is 12.4 Å². The van der Waals surface area contributed by atoms with Gasteiger partial charge in [0.25, 0.3) is 0 Å². The maximum Gasteiger partial charge on any atom is 0.207 e. The van der Waals surface area contributed by atoms with Crippen molar-refractivity contribution in [3.8, 4) is 0 Å². The lowest BCUT2D eigenvalue weighted by Crippen LogP contribution is -2.28. The van der Waals surface area contributed by atoms with E-state index in [1.165, 1.54) is 89.9 Å². The highest BCUT2D eigenvalue weighted by atomic mass is 32.1. The molecule has 0 aromatic carbocycles. The van der Waals surface area contributed by atoms with Crippen LogP contribution in [0.4, 0.5) is 0 Å². The van der Waals surface area contributed by atoms with E-state index in [-0.39, 0.29) is 0 Å². The summed E-state index contributed by atoms with van der Waals surface area (Å²) < 4.78 is 0. The highest BCUT2D eigenvalue weighted by Crippen LogP contribution is 2.08. The van der Waals surface area contributed by atoms with E-state index in [0.29, 0.717) is 5.11 Å². The predicted molar refractivity (Wildman–Crippen MR) is 121 cm³/mol. The fourth-order valence-corrected chi connectivity index (χ4v) is 2.85. The van der Waals surface area contributed by atoms with E-state index in [9.17, 15) is 0 Å². The van der Waals surface area contributed by atoms with Crippen LogP contribution in [-0.2, 0) is 0 Å². The van der Waals surface area contributed by atoms with Crippen molar-refractivity contribution in [1.29, 1.82) is 0 Å². The van der Waals surface area contributed by atoms with Crippen molar-refractivity contribution in [2.24, 2.45) is 10.2 Å². The Balaban J connectivity index is 3.34. The van der Waals surface area contributed by atoms with Crippen molar-refractivity contribution in [3.05, 3.63) is 0 Å². The zero-order valence-corrected chi connectivity index (χ0v) is 18.1. The summed E-state index contributed by atoms with van der Waals surface area (Å²) in [5.74, 6) is 0. The van der Waals surface area contributed by atoms with Crippen LogP contribution in [0.2, 0.25) is 0 Å². The minimum atomic E-state index is 0.455. The smallest absolute Gasteiger partial charge is 0.207 e. The molecule has 0 aliphatic carbocycles. The van der Waals surface area contributed by atoms with Gasteiger partial charge in [-0.25, -0.2) is 0 Å². The van der Waals surface area contributed by atoms with Gasteiger partial charge >= 0.3 is 0 Å². The second kappa shape index (κ2) is 22.1. The summed E-state index contributed by atoms with van der Waals surface area (Å²) in [6.07, 6.45) is 24.4. The Hall–Kier alpha value is -0.970. The summed E-state index contributed by atoms with van der Waals surface area (Å²) in [6, 6.07) is 0. The van der Waals surface area contributed by atoms with Crippen LogP contribution >= 0.6 is 12.2 Å². The summed E-state index contributed by atoms with van der Waals surface area (Å²) in [6.45, 7) is 4.51. The third-order valence-corrected chi connectivity index (χ3v) is 4.57.